The van der Waals surface area contributed by atoms with Gasteiger partial charge in [-0.1, -0.05) is 0 Å². The average molecular weight is 220 g/mol. The van der Waals surface area contributed by atoms with Crippen LogP contribution in [0.1, 0.15) is 30.1 Å². The van der Waals surface area contributed by atoms with Gasteiger partial charge in [0.25, 0.3) is 5.56 Å². The molecular weight excluding hydrogens is 204 g/mol. The number of anilines is 1. The van der Waals surface area contributed by atoms with Crippen LogP contribution in [-0.2, 0) is 6.54 Å². The lowest BCUT2D eigenvalue weighted by Crippen LogP contribution is -2.28. The summed E-state index contributed by atoms with van der Waals surface area (Å²) in [6.45, 7) is 3.14. The van der Waals surface area contributed by atoms with E-state index in [0.717, 1.165) is 25.2 Å². The average Bonchev–Trinajstić information content (AvgIpc) is 2.42. The van der Waals surface area contributed by atoms with Gasteiger partial charge in [-0.25, -0.2) is 0 Å². The van der Waals surface area contributed by atoms with Crippen molar-refractivity contribution in [1.82, 2.24) is 4.57 Å². The van der Waals surface area contributed by atoms with E-state index in [2.05, 4.69) is 0 Å². The molecule has 0 saturated heterocycles. The highest BCUT2D eigenvalue weighted by molar-refractivity contribution is 5.98. The van der Waals surface area contributed by atoms with E-state index in [1.807, 2.05) is 11.9 Å². The zero-order valence-corrected chi connectivity index (χ0v) is 9.69. The number of nitrogens with zero attached hydrogens (tertiary/aromatic N) is 2. The predicted molar refractivity (Wildman–Crippen MR) is 63.2 cm³/mol. The second-order valence-corrected chi connectivity index (χ2v) is 4.25. The standard InChI is InChI=1S/C12H16N2O2/c1-9(15)10-5-6-11(16)14-8-4-3-7-13(2)12(10)14/h5-6H,3-4,7-8H2,1-2H3. The largest absolute Gasteiger partial charge is 0.360 e. The van der Waals surface area contributed by atoms with Gasteiger partial charge in [0.05, 0.1) is 5.56 Å². The number of aromatic nitrogens is 1. The van der Waals surface area contributed by atoms with Crippen molar-refractivity contribution < 1.29 is 4.79 Å². The SMILES string of the molecule is CC(=O)c1ccc(=O)n2c1N(C)CCCC2. The summed E-state index contributed by atoms with van der Waals surface area (Å²) in [7, 11) is 1.93. The molecule has 0 radical (unpaired) electrons. The van der Waals surface area contributed by atoms with E-state index in [0.29, 0.717) is 12.1 Å². The fourth-order valence-corrected chi connectivity index (χ4v) is 2.20. The van der Waals surface area contributed by atoms with Gasteiger partial charge < -0.3 is 4.90 Å². The maximum Gasteiger partial charge on any atom is 0.252 e. The molecule has 0 bridgehead atoms. The summed E-state index contributed by atoms with van der Waals surface area (Å²) in [5.74, 6) is 0.787. The van der Waals surface area contributed by atoms with Gasteiger partial charge in [-0.2, -0.15) is 0 Å². The van der Waals surface area contributed by atoms with E-state index in [-0.39, 0.29) is 11.3 Å². The third-order valence-corrected chi connectivity index (χ3v) is 3.02. The van der Waals surface area contributed by atoms with Crippen LogP contribution in [0.15, 0.2) is 16.9 Å². The maximum absolute atomic E-state index is 11.8. The van der Waals surface area contributed by atoms with Gasteiger partial charge in [-0.05, 0) is 25.8 Å². The molecule has 1 aromatic heterocycles. The van der Waals surface area contributed by atoms with Crippen LogP contribution >= 0.6 is 0 Å². The molecule has 0 aromatic carbocycles. The Kier molecular flexibility index (Phi) is 2.81. The van der Waals surface area contributed by atoms with E-state index in [1.54, 1.807) is 17.6 Å². The van der Waals surface area contributed by atoms with E-state index >= 15 is 0 Å². The smallest absolute Gasteiger partial charge is 0.252 e. The Hall–Kier alpha value is -1.58. The van der Waals surface area contributed by atoms with Crippen LogP contribution in [0.25, 0.3) is 0 Å². The van der Waals surface area contributed by atoms with Crippen molar-refractivity contribution in [2.45, 2.75) is 26.3 Å². The highest BCUT2D eigenvalue weighted by atomic mass is 16.1. The highest BCUT2D eigenvalue weighted by Gasteiger charge is 2.18. The molecule has 0 spiro atoms. The molecule has 1 aliphatic heterocycles. The Balaban J connectivity index is 2.68. The number of hydrogen-bond donors (Lipinski definition) is 0. The highest BCUT2D eigenvalue weighted by Crippen LogP contribution is 2.21. The number of pyridine rings is 1. The minimum atomic E-state index is -0.0197. The lowest BCUT2D eigenvalue weighted by molar-refractivity contribution is 0.101. The Bertz CT molecular complexity index is 476. The zero-order valence-electron chi connectivity index (χ0n) is 9.69. The van der Waals surface area contributed by atoms with Gasteiger partial charge in [0.1, 0.15) is 5.82 Å². The van der Waals surface area contributed by atoms with E-state index < -0.39 is 0 Å². The second kappa shape index (κ2) is 4.12. The summed E-state index contributed by atoms with van der Waals surface area (Å²) in [4.78, 5) is 25.3. The topological polar surface area (TPSA) is 42.3 Å². The predicted octanol–water partition coefficient (Wildman–Crippen LogP) is 1.28. The van der Waals surface area contributed by atoms with Crippen molar-refractivity contribution >= 4 is 11.6 Å². The molecule has 86 valence electrons. The molecule has 0 saturated carbocycles. The Morgan fingerprint density at radius 2 is 1.94 bits per heavy atom. The van der Waals surface area contributed by atoms with Gasteiger partial charge in [-0.15, -0.1) is 0 Å². The van der Waals surface area contributed by atoms with Gasteiger partial charge in [-0.3, -0.25) is 14.2 Å². The first-order valence-electron chi connectivity index (χ1n) is 5.57. The monoisotopic (exact) mass is 220 g/mol. The number of carbonyl (C=O) groups excluding carboxylic acids is 1. The molecule has 16 heavy (non-hydrogen) atoms. The molecule has 1 aliphatic rings. The van der Waals surface area contributed by atoms with Gasteiger partial charge in [0.15, 0.2) is 5.78 Å². The molecule has 2 rings (SSSR count). The summed E-state index contributed by atoms with van der Waals surface area (Å²) in [6, 6.07) is 3.12. The van der Waals surface area contributed by atoms with Crippen LogP contribution < -0.4 is 10.5 Å². The molecule has 4 nitrogen and oxygen atoms in total. The van der Waals surface area contributed by atoms with Gasteiger partial charge >= 0.3 is 0 Å². The van der Waals surface area contributed by atoms with Gasteiger partial charge in [0, 0.05) is 26.2 Å². The van der Waals surface area contributed by atoms with E-state index in [4.69, 9.17) is 0 Å². The third kappa shape index (κ3) is 1.75. The lowest BCUT2D eigenvalue weighted by atomic mass is 10.1. The maximum atomic E-state index is 11.8. The van der Waals surface area contributed by atoms with Gasteiger partial charge in [0.2, 0.25) is 0 Å². The molecule has 0 aliphatic carbocycles. The number of Topliss-reactive ketones (excluding diaryl/α,β-unsaturated/α-hetero) is 1. The van der Waals surface area contributed by atoms with Crippen LogP contribution in [-0.4, -0.2) is 23.9 Å². The summed E-state index contributed by atoms with van der Waals surface area (Å²) in [5, 5.41) is 0. The molecule has 0 atom stereocenters. The fraction of sp³-hybridized carbons (Fsp3) is 0.500. The number of carbonyl (C=O) groups is 1. The lowest BCUT2D eigenvalue weighted by Gasteiger charge is -2.22. The third-order valence-electron chi connectivity index (χ3n) is 3.02. The molecule has 1 aromatic rings. The van der Waals surface area contributed by atoms with Crippen molar-refractivity contribution in [2.75, 3.05) is 18.5 Å². The van der Waals surface area contributed by atoms with Crippen LogP contribution in [0.3, 0.4) is 0 Å². The van der Waals surface area contributed by atoms with Crippen molar-refractivity contribution in [2.24, 2.45) is 0 Å². The number of rotatable bonds is 1. The summed E-state index contributed by atoms with van der Waals surface area (Å²) in [5.41, 5.74) is 0.623. The van der Waals surface area contributed by atoms with Crippen molar-refractivity contribution in [3.8, 4) is 0 Å². The molecular formula is C12H16N2O2. The number of hydrogen-bond acceptors (Lipinski definition) is 3. The molecule has 0 amide bonds. The van der Waals surface area contributed by atoms with Crippen LogP contribution in [0, 0.1) is 0 Å². The van der Waals surface area contributed by atoms with E-state index in [9.17, 15) is 9.59 Å². The molecule has 2 heterocycles. The molecule has 4 heteroatoms. The first-order valence-corrected chi connectivity index (χ1v) is 5.57. The number of ketones is 1. The van der Waals surface area contributed by atoms with Crippen LogP contribution in [0.5, 0.6) is 0 Å². The van der Waals surface area contributed by atoms with Crippen molar-refractivity contribution in [1.29, 1.82) is 0 Å². The molecule has 0 fully saturated rings. The number of fused-ring (bicyclic) bond motifs is 1. The minimum absolute atomic E-state index is 0.0116. The summed E-state index contributed by atoms with van der Waals surface area (Å²) >= 11 is 0. The van der Waals surface area contributed by atoms with Crippen LogP contribution in [0.2, 0.25) is 0 Å². The molecule has 0 N–H and O–H groups in total. The van der Waals surface area contributed by atoms with Crippen molar-refractivity contribution in [3.05, 3.63) is 28.0 Å². The second-order valence-electron chi connectivity index (χ2n) is 4.25. The minimum Gasteiger partial charge on any atom is -0.360 e. The Morgan fingerprint density at radius 3 is 2.62 bits per heavy atom. The first kappa shape index (κ1) is 10.9. The quantitative estimate of drug-likeness (QED) is 0.669. The zero-order chi connectivity index (χ0) is 11.7. The molecule has 0 unspecified atom stereocenters. The van der Waals surface area contributed by atoms with Crippen molar-refractivity contribution in [3.63, 3.8) is 0 Å². The van der Waals surface area contributed by atoms with E-state index in [1.165, 1.54) is 6.07 Å². The normalized spacial score (nSPS) is 15.5. The fourth-order valence-electron chi connectivity index (χ4n) is 2.20. The Morgan fingerprint density at radius 1 is 1.25 bits per heavy atom. The van der Waals surface area contributed by atoms with Crippen LogP contribution in [0.4, 0.5) is 5.82 Å². The first-order chi connectivity index (χ1) is 7.61. The Labute approximate surface area is 94.5 Å². The summed E-state index contributed by atoms with van der Waals surface area (Å²) < 4.78 is 1.71. The summed E-state index contributed by atoms with van der Waals surface area (Å²) in [6.07, 6.45) is 2.04.